The van der Waals surface area contributed by atoms with E-state index >= 15 is 0 Å². The first-order valence-electron chi connectivity index (χ1n) is 5.05. The van der Waals surface area contributed by atoms with Gasteiger partial charge in [-0.2, -0.15) is 0 Å². The highest BCUT2D eigenvalue weighted by Gasteiger charge is 2.11. The first-order chi connectivity index (χ1) is 7.54. The number of hydrogen-bond donors (Lipinski definition) is 2. The van der Waals surface area contributed by atoms with Gasteiger partial charge in [0.15, 0.2) is 0 Å². The van der Waals surface area contributed by atoms with Crippen LogP contribution in [-0.2, 0) is 16.1 Å². The lowest BCUT2D eigenvalue weighted by Gasteiger charge is -2.06. The van der Waals surface area contributed by atoms with E-state index in [0.29, 0.717) is 6.54 Å². The van der Waals surface area contributed by atoms with Gasteiger partial charge in [-0.15, -0.1) is 36.2 Å². The van der Waals surface area contributed by atoms with Crippen molar-refractivity contribution in [1.82, 2.24) is 10.3 Å². The minimum Gasteiger partial charge on any atom is -0.375 e. The van der Waals surface area contributed by atoms with Crippen molar-refractivity contribution < 1.29 is 9.53 Å². The number of nitrogens with one attached hydrogen (secondary N) is 1. The molecule has 1 heterocycles. The number of nitrogens with two attached hydrogens (primary N) is 1. The summed E-state index contributed by atoms with van der Waals surface area (Å²) in [5.74, 6) is -0.172. The molecule has 0 saturated carbocycles. The Hall–Kier alpha value is -0.400. The summed E-state index contributed by atoms with van der Waals surface area (Å²) in [5.41, 5.74) is 6.26. The SMILES string of the molecule is COC(C)c1nc(CNC(=O)[C@@H](C)N)cs1.Cl.Cl. The Labute approximate surface area is 123 Å². The second-order valence-electron chi connectivity index (χ2n) is 3.56. The topological polar surface area (TPSA) is 77.2 Å². The Morgan fingerprint density at radius 2 is 2.17 bits per heavy atom. The number of nitrogens with zero attached hydrogens (tertiary/aromatic N) is 1. The Morgan fingerprint density at radius 1 is 1.56 bits per heavy atom. The summed E-state index contributed by atoms with van der Waals surface area (Å²) in [6, 6.07) is -0.490. The molecule has 1 aromatic heterocycles. The van der Waals surface area contributed by atoms with E-state index in [0.717, 1.165) is 10.7 Å². The molecular formula is C10H19Cl2N3O2S. The van der Waals surface area contributed by atoms with E-state index in [-0.39, 0.29) is 36.8 Å². The Bertz CT molecular complexity index is 361. The predicted molar refractivity (Wildman–Crippen MR) is 77.5 cm³/mol. The molecule has 0 aliphatic heterocycles. The molecule has 106 valence electrons. The van der Waals surface area contributed by atoms with E-state index in [1.807, 2.05) is 12.3 Å². The van der Waals surface area contributed by atoms with Crippen LogP contribution >= 0.6 is 36.2 Å². The average Bonchev–Trinajstić information content (AvgIpc) is 2.73. The zero-order chi connectivity index (χ0) is 12.1. The van der Waals surface area contributed by atoms with Crippen molar-refractivity contribution in [3.05, 3.63) is 16.1 Å². The first kappa shape index (κ1) is 19.9. The fourth-order valence-electron chi connectivity index (χ4n) is 1.03. The summed E-state index contributed by atoms with van der Waals surface area (Å²) in [7, 11) is 1.64. The van der Waals surface area contributed by atoms with Crippen LogP contribution in [0.5, 0.6) is 0 Å². The maximum Gasteiger partial charge on any atom is 0.236 e. The van der Waals surface area contributed by atoms with Gasteiger partial charge in [0.1, 0.15) is 11.1 Å². The first-order valence-corrected chi connectivity index (χ1v) is 5.93. The Morgan fingerprint density at radius 3 is 2.67 bits per heavy atom. The van der Waals surface area contributed by atoms with Crippen molar-refractivity contribution in [3.63, 3.8) is 0 Å². The third-order valence-electron chi connectivity index (χ3n) is 2.13. The van der Waals surface area contributed by atoms with E-state index in [2.05, 4.69) is 10.3 Å². The van der Waals surface area contributed by atoms with Crippen LogP contribution in [0.15, 0.2) is 5.38 Å². The van der Waals surface area contributed by atoms with E-state index in [1.54, 1.807) is 14.0 Å². The summed E-state index contributed by atoms with van der Waals surface area (Å²) >= 11 is 1.52. The molecule has 8 heteroatoms. The third-order valence-corrected chi connectivity index (χ3v) is 3.18. The molecule has 0 aromatic carbocycles. The maximum atomic E-state index is 11.2. The number of methoxy groups -OCH3 is 1. The molecule has 0 aliphatic carbocycles. The number of carbonyl (C=O) groups excluding carboxylic acids is 1. The molecule has 1 unspecified atom stereocenters. The number of carbonyl (C=O) groups is 1. The number of aromatic nitrogens is 1. The lowest BCUT2D eigenvalue weighted by Crippen LogP contribution is -2.37. The molecular weight excluding hydrogens is 297 g/mol. The molecule has 1 aromatic rings. The highest BCUT2D eigenvalue weighted by atomic mass is 35.5. The summed E-state index contributed by atoms with van der Waals surface area (Å²) < 4.78 is 5.15. The standard InChI is InChI=1S/C10H17N3O2S.2ClH/c1-6(11)9(14)12-4-8-5-16-10(13-8)7(2)15-3;;/h5-7H,4,11H2,1-3H3,(H,12,14);2*1H/t6-,7?;;/m1../s1. The van der Waals surface area contributed by atoms with Crippen molar-refractivity contribution >= 4 is 42.1 Å². The molecule has 3 N–H and O–H groups in total. The van der Waals surface area contributed by atoms with Crippen LogP contribution in [0.2, 0.25) is 0 Å². The number of rotatable bonds is 5. The van der Waals surface area contributed by atoms with Crippen LogP contribution in [0.1, 0.15) is 30.7 Å². The van der Waals surface area contributed by atoms with Crippen LogP contribution < -0.4 is 11.1 Å². The second kappa shape index (κ2) is 9.52. The molecule has 0 aliphatic rings. The average molecular weight is 316 g/mol. The number of hydrogen-bond acceptors (Lipinski definition) is 5. The lowest BCUT2D eigenvalue weighted by atomic mass is 10.3. The largest absolute Gasteiger partial charge is 0.375 e. The number of halogens is 2. The number of amides is 1. The van der Waals surface area contributed by atoms with Gasteiger partial charge >= 0.3 is 0 Å². The molecule has 0 radical (unpaired) electrons. The predicted octanol–water partition coefficient (Wildman–Crippen LogP) is 1.66. The molecule has 0 spiro atoms. The zero-order valence-electron chi connectivity index (χ0n) is 10.5. The van der Waals surface area contributed by atoms with Crippen LogP contribution in [0.25, 0.3) is 0 Å². The Kier molecular flexibility index (Phi) is 10.5. The summed E-state index contributed by atoms with van der Waals surface area (Å²) in [6.07, 6.45) is -0.0112. The maximum absolute atomic E-state index is 11.2. The van der Waals surface area contributed by atoms with Crippen molar-refractivity contribution in [3.8, 4) is 0 Å². The summed E-state index contributed by atoms with van der Waals surface area (Å²) in [6.45, 7) is 3.99. The van der Waals surface area contributed by atoms with Crippen LogP contribution in [0, 0.1) is 0 Å². The van der Waals surface area contributed by atoms with E-state index < -0.39 is 6.04 Å². The molecule has 1 amide bonds. The Balaban J connectivity index is 0. The minimum absolute atomic E-state index is 0. The van der Waals surface area contributed by atoms with Gasteiger partial charge in [0.05, 0.1) is 18.3 Å². The summed E-state index contributed by atoms with van der Waals surface area (Å²) in [5, 5.41) is 5.53. The van der Waals surface area contributed by atoms with Gasteiger partial charge in [0.25, 0.3) is 0 Å². The van der Waals surface area contributed by atoms with Crippen molar-refractivity contribution in [1.29, 1.82) is 0 Å². The van der Waals surface area contributed by atoms with Gasteiger partial charge in [0.2, 0.25) is 5.91 Å². The zero-order valence-corrected chi connectivity index (χ0v) is 13.0. The van der Waals surface area contributed by atoms with Crippen molar-refractivity contribution in [2.24, 2.45) is 5.73 Å². The van der Waals surface area contributed by atoms with Gasteiger partial charge in [0, 0.05) is 12.5 Å². The minimum atomic E-state index is -0.490. The van der Waals surface area contributed by atoms with Gasteiger partial charge in [-0.05, 0) is 13.8 Å². The molecule has 1 rings (SSSR count). The van der Waals surface area contributed by atoms with Crippen LogP contribution in [0.3, 0.4) is 0 Å². The van der Waals surface area contributed by atoms with Crippen molar-refractivity contribution in [2.45, 2.75) is 32.5 Å². The third kappa shape index (κ3) is 5.97. The molecule has 18 heavy (non-hydrogen) atoms. The highest BCUT2D eigenvalue weighted by Crippen LogP contribution is 2.20. The quantitative estimate of drug-likeness (QED) is 0.866. The molecule has 0 fully saturated rings. The van der Waals surface area contributed by atoms with Gasteiger partial charge < -0.3 is 15.8 Å². The molecule has 2 atom stereocenters. The molecule has 5 nitrogen and oxygen atoms in total. The van der Waals surface area contributed by atoms with E-state index in [1.165, 1.54) is 11.3 Å². The van der Waals surface area contributed by atoms with E-state index in [4.69, 9.17) is 10.5 Å². The van der Waals surface area contributed by atoms with Gasteiger partial charge in [-0.3, -0.25) is 4.79 Å². The van der Waals surface area contributed by atoms with Gasteiger partial charge in [-0.25, -0.2) is 4.98 Å². The number of ether oxygens (including phenoxy) is 1. The fraction of sp³-hybridized carbons (Fsp3) is 0.600. The second-order valence-corrected chi connectivity index (χ2v) is 4.45. The fourth-order valence-corrected chi connectivity index (χ4v) is 1.88. The molecule has 0 bridgehead atoms. The van der Waals surface area contributed by atoms with Crippen LogP contribution in [0.4, 0.5) is 0 Å². The lowest BCUT2D eigenvalue weighted by molar-refractivity contribution is -0.122. The smallest absolute Gasteiger partial charge is 0.236 e. The number of thiazole rings is 1. The molecule has 0 saturated heterocycles. The van der Waals surface area contributed by atoms with Crippen molar-refractivity contribution in [2.75, 3.05) is 7.11 Å². The highest BCUT2D eigenvalue weighted by molar-refractivity contribution is 7.09. The normalized spacial score (nSPS) is 12.9. The van der Waals surface area contributed by atoms with Crippen LogP contribution in [-0.4, -0.2) is 24.0 Å². The summed E-state index contributed by atoms with van der Waals surface area (Å²) in [4.78, 5) is 15.6. The van der Waals surface area contributed by atoms with Gasteiger partial charge in [-0.1, -0.05) is 0 Å². The monoisotopic (exact) mass is 315 g/mol. The van der Waals surface area contributed by atoms with E-state index in [9.17, 15) is 4.79 Å².